The molecule has 0 saturated heterocycles. The van der Waals surface area contributed by atoms with Gasteiger partial charge in [0.25, 0.3) is 5.91 Å². The van der Waals surface area contributed by atoms with Gasteiger partial charge in [0.15, 0.2) is 0 Å². The van der Waals surface area contributed by atoms with Crippen LogP contribution in [0.2, 0.25) is 0 Å². The van der Waals surface area contributed by atoms with E-state index in [0.717, 1.165) is 23.7 Å². The van der Waals surface area contributed by atoms with Gasteiger partial charge in [-0.3, -0.25) is 4.79 Å². The largest absolute Gasteiger partial charge is 0.399 e. The van der Waals surface area contributed by atoms with E-state index in [1.165, 1.54) is 12.8 Å². The molecule has 1 fully saturated rings. The van der Waals surface area contributed by atoms with E-state index >= 15 is 0 Å². The van der Waals surface area contributed by atoms with E-state index in [-0.39, 0.29) is 5.91 Å². The standard InChI is InChI=1S/C16H21N3O2/c17-11-5-6-15-13(9-11)14(10-19-15)16(20)18-7-8-21-12-3-1-2-4-12/h5-6,9-10,12,19H,1-4,7-8,17H2,(H,18,20). The van der Waals surface area contributed by atoms with Crippen LogP contribution in [0.1, 0.15) is 36.0 Å². The second-order valence-electron chi connectivity index (χ2n) is 5.54. The Balaban J connectivity index is 1.55. The zero-order chi connectivity index (χ0) is 14.7. The van der Waals surface area contributed by atoms with E-state index in [4.69, 9.17) is 10.5 Å². The van der Waals surface area contributed by atoms with E-state index in [9.17, 15) is 4.79 Å². The average Bonchev–Trinajstić information content (AvgIpc) is 3.12. The van der Waals surface area contributed by atoms with Crippen LogP contribution < -0.4 is 11.1 Å². The summed E-state index contributed by atoms with van der Waals surface area (Å²) in [6.07, 6.45) is 6.92. The van der Waals surface area contributed by atoms with Crippen molar-refractivity contribution >= 4 is 22.5 Å². The third kappa shape index (κ3) is 3.19. The van der Waals surface area contributed by atoms with Gasteiger partial charge in [-0.05, 0) is 31.0 Å². The predicted molar refractivity (Wildman–Crippen MR) is 83.3 cm³/mol. The van der Waals surface area contributed by atoms with Gasteiger partial charge in [-0.2, -0.15) is 0 Å². The Kier molecular flexibility index (Phi) is 4.10. The van der Waals surface area contributed by atoms with E-state index in [0.29, 0.717) is 30.5 Å². The van der Waals surface area contributed by atoms with Gasteiger partial charge in [-0.15, -0.1) is 0 Å². The Morgan fingerprint density at radius 3 is 3.00 bits per heavy atom. The number of hydrogen-bond acceptors (Lipinski definition) is 3. The van der Waals surface area contributed by atoms with Crippen LogP contribution in [0.25, 0.3) is 10.9 Å². The van der Waals surface area contributed by atoms with Crippen molar-refractivity contribution in [1.29, 1.82) is 0 Å². The molecule has 0 atom stereocenters. The smallest absolute Gasteiger partial charge is 0.253 e. The SMILES string of the molecule is Nc1ccc2[nH]cc(C(=O)NCCOC3CCCC3)c2c1. The number of amides is 1. The summed E-state index contributed by atoms with van der Waals surface area (Å²) in [5.74, 6) is -0.0955. The summed E-state index contributed by atoms with van der Waals surface area (Å²) in [5, 5.41) is 3.75. The molecular weight excluding hydrogens is 266 g/mol. The molecule has 1 aliphatic carbocycles. The number of nitrogens with two attached hydrogens (primary N) is 1. The van der Waals surface area contributed by atoms with Gasteiger partial charge >= 0.3 is 0 Å². The van der Waals surface area contributed by atoms with Crippen LogP contribution in [0.5, 0.6) is 0 Å². The fourth-order valence-corrected chi connectivity index (χ4v) is 2.87. The molecule has 4 N–H and O–H groups in total. The van der Waals surface area contributed by atoms with Crippen LogP contribution in [0.4, 0.5) is 5.69 Å². The highest BCUT2D eigenvalue weighted by atomic mass is 16.5. The summed E-state index contributed by atoms with van der Waals surface area (Å²) in [5.41, 5.74) is 7.97. The number of aromatic nitrogens is 1. The number of anilines is 1. The number of carbonyl (C=O) groups excluding carboxylic acids is 1. The lowest BCUT2D eigenvalue weighted by Gasteiger charge is -2.11. The molecule has 1 aromatic carbocycles. The minimum Gasteiger partial charge on any atom is -0.399 e. The number of benzene rings is 1. The fraction of sp³-hybridized carbons (Fsp3) is 0.438. The van der Waals surface area contributed by atoms with Crippen LogP contribution in [-0.4, -0.2) is 30.1 Å². The van der Waals surface area contributed by atoms with E-state index in [1.807, 2.05) is 18.2 Å². The zero-order valence-electron chi connectivity index (χ0n) is 12.0. The number of H-pyrrole nitrogens is 1. The molecule has 1 amide bonds. The molecule has 0 spiro atoms. The Morgan fingerprint density at radius 2 is 2.19 bits per heavy atom. The molecule has 0 unspecified atom stereocenters. The number of rotatable bonds is 5. The average molecular weight is 287 g/mol. The lowest BCUT2D eigenvalue weighted by atomic mass is 10.1. The highest BCUT2D eigenvalue weighted by Crippen LogP contribution is 2.21. The van der Waals surface area contributed by atoms with Crippen molar-refractivity contribution in [3.63, 3.8) is 0 Å². The molecule has 1 aromatic heterocycles. The highest BCUT2D eigenvalue weighted by molar-refractivity contribution is 6.07. The number of fused-ring (bicyclic) bond motifs is 1. The molecule has 1 aliphatic rings. The second-order valence-corrected chi connectivity index (χ2v) is 5.54. The van der Waals surface area contributed by atoms with Crippen LogP contribution in [0.15, 0.2) is 24.4 Å². The van der Waals surface area contributed by atoms with E-state index in [1.54, 1.807) is 6.20 Å². The zero-order valence-corrected chi connectivity index (χ0v) is 12.0. The molecule has 112 valence electrons. The van der Waals surface area contributed by atoms with Crippen molar-refractivity contribution < 1.29 is 9.53 Å². The monoisotopic (exact) mass is 287 g/mol. The number of hydrogen-bond donors (Lipinski definition) is 3. The number of ether oxygens (including phenoxy) is 1. The van der Waals surface area contributed by atoms with Gasteiger partial charge in [-0.1, -0.05) is 12.8 Å². The quantitative estimate of drug-likeness (QED) is 0.583. The van der Waals surface area contributed by atoms with Crippen molar-refractivity contribution in [2.75, 3.05) is 18.9 Å². The molecule has 2 aromatic rings. The summed E-state index contributed by atoms with van der Waals surface area (Å²) in [6, 6.07) is 5.51. The summed E-state index contributed by atoms with van der Waals surface area (Å²) in [6.45, 7) is 1.10. The first-order valence-corrected chi connectivity index (χ1v) is 7.50. The molecule has 21 heavy (non-hydrogen) atoms. The maximum Gasteiger partial charge on any atom is 0.253 e. The van der Waals surface area contributed by atoms with Gasteiger partial charge in [0, 0.05) is 29.3 Å². The minimum absolute atomic E-state index is 0.0955. The number of nitrogen functional groups attached to an aromatic ring is 1. The Labute approximate surface area is 123 Å². The van der Waals surface area contributed by atoms with Crippen molar-refractivity contribution in [3.05, 3.63) is 30.0 Å². The van der Waals surface area contributed by atoms with Crippen molar-refractivity contribution in [2.45, 2.75) is 31.8 Å². The van der Waals surface area contributed by atoms with Gasteiger partial charge in [0.1, 0.15) is 0 Å². The van der Waals surface area contributed by atoms with Gasteiger partial charge in [0.05, 0.1) is 18.3 Å². The molecule has 1 heterocycles. The van der Waals surface area contributed by atoms with Crippen molar-refractivity contribution in [2.24, 2.45) is 0 Å². The predicted octanol–water partition coefficient (Wildman–Crippen LogP) is 2.44. The third-order valence-corrected chi connectivity index (χ3v) is 3.99. The second kappa shape index (κ2) is 6.18. The number of nitrogens with one attached hydrogen (secondary N) is 2. The molecule has 0 aliphatic heterocycles. The highest BCUT2D eigenvalue weighted by Gasteiger charge is 2.15. The summed E-state index contributed by atoms with van der Waals surface area (Å²) in [7, 11) is 0. The molecule has 5 heteroatoms. The first-order valence-electron chi connectivity index (χ1n) is 7.50. The number of aromatic amines is 1. The van der Waals surface area contributed by atoms with Crippen molar-refractivity contribution in [3.8, 4) is 0 Å². The Hall–Kier alpha value is -2.01. The molecule has 0 radical (unpaired) electrons. The van der Waals surface area contributed by atoms with E-state index < -0.39 is 0 Å². The third-order valence-electron chi connectivity index (χ3n) is 3.99. The lowest BCUT2D eigenvalue weighted by Crippen LogP contribution is -2.28. The van der Waals surface area contributed by atoms with Gasteiger partial charge in [-0.25, -0.2) is 0 Å². The van der Waals surface area contributed by atoms with Gasteiger partial charge < -0.3 is 20.8 Å². The first-order chi connectivity index (χ1) is 10.2. The number of carbonyl (C=O) groups is 1. The molecular formula is C16H21N3O2. The van der Waals surface area contributed by atoms with Crippen LogP contribution in [0, 0.1) is 0 Å². The summed E-state index contributed by atoms with van der Waals surface area (Å²) in [4.78, 5) is 15.3. The normalized spacial score (nSPS) is 15.6. The topological polar surface area (TPSA) is 80.1 Å². The minimum atomic E-state index is -0.0955. The van der Waals surface area contributed by atoms with Gasteiger partial charge in [0.2, 0.25) is 0 Å². The van der Waals surface area contributed by atoms with Crippen molar-refractivity contribution in [1.82, 2.24) is 10.3 Å². The maximum absolute atomic E-state index is 12.2. The Bertz CT molecular complexity index is 629. The van der Waals surface area contributed by atoms with Crippen LogP contribution in [0.3, 0.4) is 0 Å². The van der Waals surface area contributed by atoms with E-state index in [2.05, 4.69) is 10.3 Å². The molecule has 1 saturated carbocycles. The van der Waals surface area contributed by atoms with Crippen LogP contribution in [-0.2, 0) is 4.74 Å². The molecule has 5 nitrogen and oxygen atoms in total. The first kappa shape index (κ1) is 13.9. The lowest BCUT2D eigenvalue weighted by molar-refractivity contribution is 0.0582. The summed E-state index contributed by atoms with van der Waals surface area (Å²) < 4.78 is 5.73. The maximum atomic E-state index is 12.2. The molecule has 3 rings (SSSR count). The summed E-state index contributed by atoms with van der Waals surface area (Å²) >= 11 is 0. The Morgan fingerprint density at radius 1 is 1.38 bits per heavy atom. The fourth-order valence-electron chi connectivity index (χ4n) is 2.87. The molecule has 0 bridgehead atoms. The van der Waals surface area contributed by atoms with Crippen LogP contribution >= 0.6 is 0 Å².